The summed E-state index contributed by atoms with van der Waals surface area (Å²) in [6, 6.07) is 1.93. The topological polar surface area (TPSA) is 79.5 Å². The quantitative estimate of drug-likeness (QED) is 0.852. The summed E-state index contributed by atoms with van der Waals surface area (Å²) in [5.74, 6) is 0.272. The Morgan fingerprint density at radius 2 is 2.04 bits per heavy atom. The van der Waals surface area contributed by atoms with Crippen molar-refractivity contribution in [3.05, 3.63) is 28.7 Å². The number of aliphatic hydroxyl groups is 1. The van der Waals surface area contributed by atoms with Gasteiger partial charge in [-0.2, -0.15) is 5.10 Å². The molecule has 0 aliphatic carbocycles. The Kier molecular flexibility index (Phi) is 5.28. The second kappa shape index (κ2) is 6.89. The number of hydrogen-bond donors (Lipinski definition) is 2. The lowest BCUT2D eigenvalue weighted by atomic mass is 9.95. The third-order valence-electron chi connectivity index (χ3n) is 4.19. The Bertz CT molecular complexity index is 747. The molecule has 2 N–H and O–H groups in total. The van der Waals surface area contributed by atoms with E-state index in [2.05, 4.69) is 29.2 Å². The molecule has 0 aliphatic heterocycles. The van der Waals surface area contributed by atoms with E-state index in [1.807, 2.05) is 19.9 Å². The normalized spacial score (nSPS) is 14.2. The zero-order valence-corrected chi connectivity index (χ0v) is 15.5. The lowest BCUT2D eigenvalue weighted by Gasteiger charge is -2.24. The van der Waals surface area contributed by atoms with Crippen LogP contribution in [0.5, 0.6) is 0 Å². The molecule has 2 aromatic heterocycles. The Morgan fingerprint density at radius 3 is 2.67 bits per heavy atom. The van der Waals surface area contributed by atoms with Crippen LogP contribution in [0, 0.1) is 26.7 Å². The number of nitrogens with one attached hydrogen (secondary N) is 1. The van der Waals surface area contributed by atoms with Gasteiger partial charge in [-0.25, -0.2) is 9.50 Å². The van der Waals surface area contributed by atoms with Gasteiger partial charge in [-0.05, 0) is 52.5 Å². The van der Waals surface area contributed by atoms with Crippen molar-refractivity contribution in [2.45, 2.75) is 60.0 Å². The molecule has 132 valence electrons. The maximum atomic E-state index is 12.6. The fraction of sp³-hybridized carbons (Fsp3) is 0.611. The molecule has 0 aliphatic rings. The molecule has 0 bridgehead atoms. The van der Waals surface area contributed by atoms with Crippen molar-refractivity contribution in [2.24, 2.45) is 5.92 Å². The molecule has 1 amide bonds. The third kappa shape index (κ3) is 4.12. The van der Waals surface area contributed by atoms with Gasteiger partial charge < -0.3 is 10.4 Å². The first kappa shape index (κ1) is 18.4. The zero-order valence-electron chi connectivity index (χ0n) is 15.5. The molecule has 24 heavy (non-hydrogen) atoms. The van der Waals surface area contributed by atoms with Crippen molar-refractivity contribution in [3.8, 4) is 0 Å². The molecule has 0 saturated heterocycles. The predicted molar refractivity (Wildman–Crippen MR) is 94.2 cm³/mol. The second-order valence-electron chi connectivity index (χ2n) is 7.35. The Balaban J connectivity index is 2.19. The summed E-state index contributed by atoms with van der Waals surface area (Å²) in [4.78, 5) is 17.1. The summed E-state index contributed by atoms with van der Waals surface area (Å²) in [6.45, 7) is 11.8. The van der Waals surface area contributed by atoms with Crippen LogP contribution in [-0.2, 0) is 0 Å². The first-order valence-electron chi connectivity index (χ1n) is 8.45. The van der Waals surface area contributed by atoms with Crippen molar-refractivity contribution in [2.75, 3.05) is 6.54 Å². The van der Waals surface area contributed by atoms with Gasteiger partial charge in [-0.3, -0.25) is 4.79 Å². The van der Waals surface area contributed by atoms with E-state index in [1.54, 1.807) is 18.4 Å². The van der Waals surface area contributed by atoms with Gasteiger partial charge in [0.25, 0.3) is 5.91 Å². The van der Waals surface area contributed by atoms with Crippen LogP contribution in [0.4, 0.5) is 0 Å². The van der Waals surface area contributed by atoms with Crippen molar-refractivity contribution in [1.29, 1.82) is 0 Å². The molecular weight excluding hydrogens is 304 g/mol. The lowest BCUT2D eigenvalue weighted by Crippen LogP contribution is -2.41. The summed E-state index contributed by atoms with van der Waals surface area (Å²) < 4.78 is 1.69. The summed E-state index contributed by atoms with van der Waals surface area (Å²) in [5, 5.41) is 17.7. The minimum absolute atomic E-state index is 0.208. The molecule has 2 aromatic rings. The Labute approximate surface area is 143 Å². The van der Waals surface area contributed by atoms with Gasteiger partial charge in [0.15, 0.2) is 5.65 Å². The summed E-state index contributed by atoms with van der Waals surface area (Å²) in [5.41, 5.74) is 2.53. The molecule has 0 radical (unpaired) electrons. The molecule has 6 heteroatoms. The average Bonchev–Trinajstić information content (AvgIpc) is 2.79. The van der Waals surface area contributed by atoms with Gasteiger partial charge in [-0.1, -0.05) is 13.8 Å². The van der Waals surface area contributed by atoms with Crippen molar-refractivity contribution >= 4 is 11.6 Å². The fourth-order valence-electron chi connectivity index (χ4n) is 2.74. The highest BCUT2D eigenvalue weighted by Crippen LogP contribution is 2.18. The van der Waals surface area contributed by atoms with Gasteiger partial charge in [-0.15, -0.1) is 0 Å². The standard InChI is InChI=1S/C18H28N4O2/c1-11(2)7-8-18(6,24)10-19-17(23)15-14(5)21-22-13(4)9-12(3)20-16(15)22/h9,11,24H,7-8,10H2,1-6H3,(H,19,23). The van der Waals surface area contributed by atoms with E-state index in [1.165, 1.54) is 0 Å². The summed E-state index contributed by atoms with van der Waals surface area (Å²) in [6.07, 6.45) is 1.56. The van der Waals surface area contributed by atoms with Gasteiger partial charge in [0, 0.05) is 17.9 Å². The van der Waals surface area contributed by atoms with E-state index in [4.69, 9.17) is 0 Å². The van der Waals surface area contributed by atoms with Crippen LogP contribution < -0.4 is 5.32 Å². The summed E-state index contributed by atoms with van der Waals surface area (Å²) >= 11 is 0. The summed E-state index contributed by atoms with van der Waals surface area (Å²) in [7, 11) is 0. The molecule has 0 spiro atoms. The molecular formula is C18H28N4O2. The van der Waals surface area contributed by atoms with Gasteiger partial charge in [0.1, 0.15) is 5.56 Å². The van der Waals surface area contributed by atoms with E-state index in [9.17, 15) is 9.90 Å². The predicted octanol–water partition coefficient (Wildman–Crippen LogP) is 2.57. The van der Waals surface area contributed by atoms with Crippen LogP contribution >= 0.6 is 0 Å². The number of amides is 1. The SMILES string of the molecule is Cc1cc(C)n2nc(C)c(C(=O)NCC(C)(O)CCC(C)C)c2n1. The fourth-order valence-corrected chi connectivity index (χ4v) is 2.74. The van der Waals surface area contributed by atoms with E-state index in [-0.39, 0.29) is 12.5 Å². The maximum absolute atomic E-state index is 12.6. The first-order valence-corrected chi connectivity index (χ1v) is 8.45. The number of nitrogens with zero attached hydrogens (tertiary/aromatic N) is 3. The molecule has 6 nitrogen and oxygen atoms in total. The van der Waals surface area contributed by atoms with E-state index in [0.717, 1.165) is 17.8 Å². The number of hydrogen-bond acceptors (Lipinski definition) is 4. The highest BCUT2D eigenvalue weighted by molar-refractivity contribution is 6.01. The van der Waals surface area contributed by atoms with E-state index >= 15 is 0 Å². The average molecular weight is 332 g/mol. The molecule has 2 rings (SSSR count). The number of rotatable bonds is 6. The highest BCUT2D eigenvalue weighted by Gasteiger charge is 2.24. The molecule has 1 unspecified atom stereocenters. The van der Waals surface area contributed by atoms with Crippen LogP contribution in [-0.4, -0.2) is 37.8 Å². The number of fused-ring (bicyclic) bond motifs is 1. The van der Waals surface area contributed by atoms with E-state index in [0.29, 0.717) is 29.2 Å². The second-order valence-corrected chi connectivity index (χ2v) is 7.35. The van der Waals surface area contributed by atoms with Crippen molar-refractivity contribution in [1.82, 2.24) is 19.9 Å². The number of aryl methyl sites for hydroxylation is 3. The Hall–Kier alpha value is -1.95. The largest absolute Gasteiger partial charge is 0.388 e. The van der Waals surface area contributed by atoms with E-state index < -0.39 is 5.60 Å². The van der Waals surface area contributed by atoms with Crippen LogP contribution in [0.3, 0.4) is 0 Å². The molecule has 0 aromatic carbocycles. The molecule has 2 heterocycles. The zero-order chi connectivity index (χ0) is 18.1. The van der Waals surface area contributed by atoms with Gasteiger partial charge in [0.2, 0.25) is 0 Å². The Morgan fingerprint density at radius 1 is 1.38 bits per heavy atom. The smallest absolute Gasteiger partial charge is 0.257 e. The van der Waals surface area contributed by atoms with Gasteiger partial charge in [0.05, 0.1) is 11.3 Å². The minimum atomic E-state index is -0.921. The van der Waals surface area contributed by atoms with Crippen LogP contribution in [0.15, 0.2) is 6.07 Å². The molecule has 0 fully saturated rings. The minimum Gasteiger partial charge on any atom is -0.388 e. The van der Waals surface area contributed by atoms with Crippen molar-refractivity contribution in [3.63, 3.8) is 0 Å². The first-order chi connectivity index (χ1) is 11.1. The van der Waals surface area contributed by atoms with Gasteiger partial charge >= 0.3 is 0 Å². The van der Waals surface area contributed by atoms with Crippen molar-refractivity contribution < 1.29 is 9.90 Å². The number of carbonyl (C=O) groups excluding carboxylic acids is 1. The maximum Gasteiger partial charge on any atom is 0.257 e. The molecule has 1 atom stereocenters. The van der Waals surface area contributed by atoms with Crippen LogP contribution in [0.1, 0.15) is 61.1 Å². The third-order valence-corrected chi connectivity index (χ3v) is 4.19. The lowest BCUT2D eigenvalue weighted by molar-refractivity contribution is 0.0429. The van der Waals surface area contributed by atoms with Crippen LogP contribution in [0.25, 0.3) is 5.65 Å². The molecule has 0 saturated carbocycles. The number of carbonyl (C=O) groups is 1. The van der Waals surface area contributed by atoms with Crippen LogP contribution in [0.2, 0.25) is 0 Å². The monoisotopic (exact) mass is 332 g/mol. The number of aromatic nitrogens is 3. The highest BCUT2D eigenvalue weighted by atomic mass is 16.3.